The first kappa shape index (κ1) is 19.5. The first-order valence-corrected chi connectivity index (χ1v) is 11.0. The second-order valence-electron chi connectivity index (χ2n) is 7.23. The molecule has 4 rings (SSSR count). The molecule has 1 unspecified atom stereocenters. The van der Waals surface area contributed by atoms with Crippen LogP contribution in [0.1, 0.15) is 25.0 Å². The van der Waals surface area contributed by atoms with E-state index in [-0.39, 0.29) is 10.8 Å². The van der Waals surface area contributed by atoms with Gasteiger partial charge in [0.25, 0.3) is 0 Å². The molecular weight excluding hydrogens is 390 g/mol. The minimum Gasteiger partial charge on any atom is -0.323 e. The molecule has 0 bridgehead atoms. The Morgan fingerprint density at radius 1 is 1.21 bits per heavy atom. The molecule has 2 aromatic heterocycles. The zero-order valence-electron chi connectivity index (χ0n) is 16.4. The van der Waals surface area contributed by atoms with E-state index in [1.807, 2.05) is 20.0 Å². The number of amides is 1. The van der Waals surface area contributed by atoms with Crippen LogP contribution in [0.5, 0.6) is 0 Å². The van der Waals surface area contributed by atoms with Gasteiger partial charge in [-0.3, -0.25) is 9.48 Å². The van der Waals surface area contributed by atoms with Gasteiger partial charge in [-0.2, -0.15) is 9.40 Å². The van der Waals surface area contributed by atoms with E-state index < -0.39 is 16.1 Å². The van der Waals surface area contributed by atoms with E-state index in [9.17, 15) is 13.2 Å². The number of benzene rings is 1. The maximum Gasteiger partial charge on any atom is 0.243 e. The molecular formula is C20H23N5O3S. The van der Waals surface area contributed by atoms with Crippen molar-refractivity contribution in [2.45, 2.75) is 37.1 Å². The molecule has 3 aromatic rings. The van der Waals surface area contributed by atoms with Gasteiger partial charge in [0, 0.05) is 19.0 Å². The number of pyridine rings is 1. The first-order valence-electron chi connectivity index (χ1n) is 9.55. The number of aromatic nitrogens is 3. The second-order valence-corrected chi connectivity index (χ2v) is 9.12. The fourth-order valence-corrected chi connectivity index (χ4v) is 5.46. The van der Waals surface area contributed by atoms with Gasteiger partial charge in [0.2, 0.25) is 15.9 Å². The Morgan fingerprint density at radius 2 is 1.97 bits per heavy atom. The fourth-order valence-electron chi connectivity index (χ4n) is 3.78. The summed E-state index contributed by atoms with van der Waals surface area (Å²) in [5.41, 5.74) is 2.07. The second kappa shape index (κ2) is 7.57. The highest BCUT2D eigenvalue weighted by Gasteiger charge is 2.37. The van der Waals surface area contributed by atoms with Gasteiger partial charge < -0.3 is 5.32 Å². The minimum atomic E-state index is -3.74. The van der Waals surface area contributed by atoms with Gasteiger partial charge in [0.15, 0.2) is 5.65 Å². The number of piperidine rings is 1. The normalized spacial score (nSPS) is 18.1. The topological polar surface area (TPSA) is 97.2 Å². The van der Waals surface area contributed by atoms with Crippen molar-refractivity contribution in [3.63, 3.8) is 0 Å². The van der Waals surface area contributed by atoms with Crippen molar-refractivity contribution in [3.05, 3.63) is 48.3 Å². The molecule has 1 amide bonds. The summed E-state index contributed by atoms with van der Waals surface area (Å²) in [5.74, 6) is -0.341. The van der Waals surface area contributed by atoms with Crippen LogP contribution in [0, 0.1) is 6.92 Å². The van der Waals surface area contributed by atoms with E-state index >= 15 is 0 Å². The van der Waals surface area contributed by atoms with E-state index in [1.54, 1.807) is 41.2 Å². The molecule has 29 heavy (non-hydrogen) atoms. The van der Waals surface area contributed by atoms with Gasteiger partial charge in [-0.1, -0.05) is 24.6 Å². The fraction of sp³-hybridized carbons (Fsp3) is 0.350. The minimum absolute atomic E-state index is 0.203. The number of aryl methyl sites for hydroxylation is 2. The number of fused-ring (bicyclic) bond motifs is 1. The van der Waals surface area contributed by atoms with Crippen molar-refractivity contribution >= 4 is 32.7 Å². The predicted molar refractivity (Wildman–Crippen MR) is 110 cm³/mol. The van der Waals surface area contributed by atoms with Crippen LogP contribution < -0.4 is 5.32 Å². The lowest BCUT2D eigenvalue weighted by atomic mass is 10.0. The number of rotatable bonds is 4. The van der Waals surface area contributed by atoms with Crippen molar-refractivity contribution in [1.29, 1.82) is 0 Å². The zero-order valence-corrected chi connectivity index (χ0v) is 17.2. The smallest absolute Gasteiger partial charge is 0.243 e. The predicted octanol–water partition coefficient (Wildman–Crippen LogP) is 2.46. The molecule has 0 saturated carbocycles. The van der Waals surface area contributed by atoms with Gasteiger partial charge in [-0.25, -0.2) is 13.4 Å². The third kappa shape index (κ3) is 3.63. The summed E-state index contributed by atoms with van der Waals surface area (Å²) in [4.78, 5) is 17.6. The maximum absolute atomic E-state index is 13.1. The molecule has 0 spiro atoms. The summed E-state index contributed by atoms with van der Waals surface area (Å²) in [6.07, 6.45) is 3.59. The van der Waals surface area contributed by atoms with Crippen molar-refractivity contribution in [2.24, 2.45) is 7.05 Å². The van der Waals surface area contributed by atoms with Crippen molar-refractivity contribution < 1.29 is 13.2 Å². The monoisotopic (exact) mass is 413 g/mol. The highest BCUT2D eigenvalue weighted by Crippen LogP contribution is 2.27. The van der Waals surface area contributed by atoms with Crippen LogP contribution in [0.3, 0.4) is 0 Å². The van der Waals surface area contributed by atoms with Crippen LogP contribution in [0.15, 0.2) is 47.5 Å². The Kier molecular flexibility index (Phi) is 5.10. The first-order chi connectivity index (χ1) is 13.9. The molecule has 1 aromatic carbocycles. The summed E-state index contributed by atoms with van der Waals surface area (Å²) in [5, 5.41) is 8.03. The van der Waals surface area contributed by atoms with E-state index in [4.69, 9.17) is 0 Å². The third-order valence-electron chi connectivity index (χ3n) is 5.24. The van der Waals surface area contributed by atoms with Gasteiger partial charge in [0.1, 0.15) is 6.04 Å². The molecule has 152 valence electrons. The standard InChI is InChI=1S/C20H23N5O3S/c1-14-17-12-15(13-21-19(17)24(2)23-14)22-20(26)18-10-6-7-11-25(18)29(27,28)16-8-4-3-5-9-16/h3-5,8-9,12-13,18H,6-7,10-11H2,1-2H3,(H,22,26). The molecule has 1 N–H and O–H groups in total. The van der Waals surface area contributed by atoms with E-state index in [1.165, 1.54) is 4.31 Å². The molecule has 0 radical (unpaired) electrons. The number of carbonyl (C=O) groups is 1. The highest BCUT2D eigenvalue weighted by molar-refractivity contribution is 7.89. The van der Waals surface area contributed by atoms with Crippen molar-refractivity contribution in [2.75, 3.05) is 11.9 Å². The molecule has 1 aliphatic rings. The zero-order chi connectivity index (χ0) is 20.6. The molecule has 1 atom stereocenters. The molecule has 1 aliphatic heterocycles. The van der Waals surface area contributed by atoms with Crippen LogP contribution in [0.4, 0.5) is 5.69 Å². The third-order valence-corrected chi connectivity index (χ3v) is 7.16. The molecule has 1 saturated heterocycles. The Morgan fingerprint density at radius 3 is 2.72 bits per heavy atom. The average molecular weight is 414 g/mol. The molecule has 8 nitrogen and oxygen atoms in total. The largest absolute Gasteiger partial charge is 0.323 e. The van der Waals surface area contributed by atoms with Gasteiger partial charge >= 0.3 is 0 Å². The lowest BCUT2D eigenvalue weighted by molar-refractivity contribution is -0.120. The van der Waals surface area contributed by atoms with Crippen LogP contribution in [-0.4, -0.2) is 46.0 Å². The van der Waals surface area contributed by atoms with E-state index in [2.05, 4.69) is 15.4 Å². The van der Waals surface area contributed by atoms with Gasteiger partial charge in [-0.15, -0.1) is 0 Å². The van der Waals surface area contributed by atoms with E-state index in [0.717, 1.165) is 29.6 Å². The summed E-state index contributed by atoms with van der Waals surface area (Å²) in [6, 6.07) is 9.32. The quantitative estimate of drug-likeness (QED) is 0.709. The number of nitrogens with zero attached hydrogens (tertiary/aromatic N) is 4. The Bertz CT molecular complexity index is 1160. The van der Waals surface area contributed by atoms with Crippen LogP contribution in [-0.2, 0) is 21.9 Å². The molecule has 1 fully saturated rings. The summed E-state index contributed by atoms with van der Waals surface area (Å²) in [7, 11) is -1.93. The summed E-state index contributed by atoms with van der Waals surface area (Å²) in [6.45, 7) is 2.21. The van der Waals surface area contributed by atoms with Crippen molar-refractivity contribution in [1.82, 2.24) is 19.1 Å². The lowest BCUT2D eigenvalue weighted by Crippen LogP contribution is -2.49. The molecule has 3 heterocycles. The lowest BCUT2D eigenvalue weighted by Gasteiger charge is -2.33. The Balaban J connectivity index is 1.60. The summed E-state index contributed by atoms with van der Waals surface area (Å²) >= 11 is 0. The van der Waals surface area contributed by atoms with Crippen molar-refractivity contribution in [3.8, 4) is 0 Å². The van der Waals surface area contributed by atoms with Crippen LogP contribution in [0.2, 0.25) is 0 Å². The maximum atomic E-state index is 13.1. The number of hydrogen-bond donors (Lipinski definition) is 1. The SMILES string of the molecule is Cc1nn(C)c2ncc(NC(=O)C3CCCCN3S(=O)(=O)c3ccccc3)cc12. The number of anilines is 1. The Hall–Kier alpha value is -2.78. The average Bonchev–Trinajstić information content (AvgIpc) is 3.02. The van der Waals surface area contributed by atoms with Gasteiger partial charge in [-0.05, 0) is 38.0 Å². The van der Waals surface area contributed by atoms with Crippen LogP contribution in [0.25, 0.3) is 11.0 Å². The number of hydrogen-bond acceptors (Lipinski definition) is 5. The van der Waals surface area contributed by atoms with Crippen LogP contribution >= 0.6 is 0 Å². The number of nitrogens with one attached hydrogen (secondary N) is 1. The Labute approximate surface area is 169 Å². The van der Waals surface area contributed by atoms with E-state index in [0.29, 0.717) is 18.7 Å². The number of carbonyl (C=O) groups excluding carboxylic acids is 1. The molecule has 0 aliphatic carbocycles. The number of sulfonamides is 1. The summed E-state index contributed by atoms with van der Waals surface area (Å²) < 4.78 is 29.2. The van der Waals surface area contributed by atoms with Gasteiger partial charge in [0.05, 0.1) is 22.5 Å². The molecule has 9 heteroatoms. The highest BCUT2D eigenvalue weighted by atomic mass is 32.2.